The van der Waals surface area contributed by atoms with Gasteiger partial charge in [-0.15, -0.1) is 0 Å². The highest BCUT2D eigenvalue weighted by Gasteiger charge is 2.59. The lowest BCUT2D eigenvalue weighted by Gasteiger charge is -2.41. The first-order valence-electron chi connectivity index (χ1n) is 21.2. The van der Waals surface area contributed by atoms with E-state index in [1.165, 1.54) is 12.1 Å². The number of rotatable bonds is 8. The highest BCUT2D eigenvalue weighted by atomic mass is 19.4. The molecule has 2 fully saturated rings. The highest BCUT2D eigenvalue weighted by Crippen LogP contribution is 2.69. The molecule has 0 aromatic heterocycles. The maximum absolute atomic E-state index is 14.6. The smallest absolute Gasteiger partial charge is 0.416 e. The van der Waals surface area contributed by atoms with Gasteiger partial charge in [-0.3, -0.25) is 0 Å². The molecule has 0 amide bonds. The molecule has 2 bridgehead atoms. The van der Waals surface area contributed by atoms with Crippen LogP contribution in [0.1, 0.15) is 59.1 Å². The van der Waals surface area contributed by atoms with Crippen LogP contribution < -0.4 is 23.8 Å². The second-order valence-electron chi connectivity index (χ2n) is 17.0. The lowest BCUT2D eigenvalue weighted by atomic mass is 9.65. The third-order valence-electron chi connectivity index (χ3n) is 14.0. The summed E-state index contributed by atoms with van der Waals surface area (Å²) in [5.74, 6) is 3.07. The largest absolute Gasteiger partial charge is 0.497 e. The Labute approximate surface area is 359 Å². The number of halogens is 3. The van der Waals surface area contributed by atoms with E-state index in [0.29, 0.717) is 23.2 Å². The summed E-state index contributed by atoms with van der Waals surface area (Å²) in [6, 6.07) is 45.4. The zero-order valence-corrected chi connectivity index (χ0v) is 34.6. The van der Waals surface area contributed by atoms with Crippen LogP contribution in [0.3, 0.4) is 0 Å². The van der Waals surface area contributed by atoms with Crippen molar-refractivity contribution in [1.82, 2.24) is 0 Å². The van der Waals surface area contributed by atoms with Gasteiger partial charge in [0.05, 0.1) is 26.9 Å². The zero-order valence-electron chi connectivity index (χ0n) is 34.6. The van der Waals surface area contributed by atoms with E-state index in [-0.39, 0.29) is 5.92 Å². The fourth-order valence-electron chi connectivity index (χ4n) is 11.4. The molecule has 5 nitrogen and oxygen atoms in total. The molecule has 4 unspecified atom stereocenters. The Kier molecular flexibility index (Phi) is 8.76. The minimum Gasteiger partial charge on any atom is -0.497 e. The van der Waals surface area contributed by atoms with Gasteiger partial charge in [0.1, 0.15) is 11.5 Å². The molecule has 4 atom stereocenters. The van der Waals surface area contributed by atoms with Gasteiger partial charge >= 0.3 is 6.18 Å². The number of methoxy groups -OCH3 is 3. The van der Waals surface area contributed by atoms with Gasteiger partial charge < -0.3 is 23.8 Å². The van der Waals surface area contributed by atoms with Crippen LogP contribution in [0.4, 0.5) is 30.2 Å². The van der Waals surface area contributed by atoms with Crippen molar-refractivity contribution in [2.45, 2.75) is 42.9 Å². The van der Waals surface area contributed by atoms with Crippen molar-refractivity contribution < 1.29 is 32.1 Å². The van der Waals surface area contributed by atoms with Crippen molar-refractivity contribution in [3.63, 3.8) is 0 Å². The molecule has 0 radical (unpaired) electrons. The molecule has 62 heavy (non-hydrogen) atoms. The van der Waals surface area contributed by atoms with Gasteiger partial charge in [0.25, 0.3) is 0 Å². The summed E-state index contributed by atoms with van der Waals surface area (Å²) < 4.78 is 68.9. The van der Waals surface area contributed by atoms with Gasteiger partial charge in [-0.2, -0.15) is 13.2 Å². The quantitative estimate of drug-likeness (QED) is 0.153. The van der Waals surface area contributed by atoms with Gasteiger partial charge in [-0.25, -0.2) is 0 Å². The standard InChI is InChI=1S/C54H44F3NO4/c1-59-41-23-18-35(19-24-41)53(34-16-21-40(22-17-34)58(38-10-6-4-7-11-38)39-12-8-5-9-13-39)27-26-43-50-49(44-30-47(60-2)48(61-3)31-45(44)51(43)62-53)42-25-20-37(54(55,56)57)29-46(42)52(50)32-33-14-15-36(52)28-33/h4-13,16-27,29-31,33,36H,14-15,28,32H2,1-3H3. The molecule has 0 saturated heterocycles. The average Bonchev–Trinajstić information content (AvgIpc) is 4.01. The van der Waals surface area contributed by atoms with E-state index >= 15 is 0 Å². The van der Waals surface area contributed by atoms with Crippen molar-refractivity contribution in [1.29, 1.82) is 0 Å². The molecule has 11 rings (SSSR count). The summed E-state index contributed by atoms with van der Waals surface area (Å²) in [5.41, 5.74) is 7.02. The molecule has 0 N–H and O–H groups in total. The molecule has 7 aromatic carbocycles. The number of nitrogens with zero attached hydrogens (tertiary/aromatic N) is 1. The summed E-state index contributed by atoms with van der Waals surface area (Å²) in [7, 11) is 4.87. The van der Waals surface area contributed by atoms with Gasteiger partial charge in [-0.05, 0) is 138 Å². The van der Waals surface area contributed by atoms with Crippen molar-refractivity contribution in [3.8, 4) is 34.1 Å². The van der Waals surface area contributed by atoms with E-state index < -0.39 is 22.8 Å². The SMILES string of the molecule is COc1ccc(C2(c3ccc(N(c4ccccc4)c4ccccc4)cc3)C=Cc3c4c(c5cc(OC)c(OC)cc5c3O2)-c2ccc(C(F)(F)F)cc2C42CC3CCC2C3)cc1. The third kappa shape index (κ3) is 5.61. The van der Waals surface area contributed by atoms with Crippen molar-refractivity contribution in [2.75, 3.05) is 26.2 Å². The third-order valence-corrected chi connectivity index (χ3v) is 14.0. The molecular formula is C54H44F3NO4. The van der Waals surface area contributed by atoms with Gasteiger partial charge in [-0.1, -0.05) is 79.2 Å². The minimum absolute atomic E-state index is 0.198. The summed E-state index contributed by atoms with van der Waals surface area (Å²) in [5, 5.41) is 1.65. The van der Waals surface area contributed by atoms with E-state index in [2.05, 4.69) is 65.6 Å². The number of benzene rings is 7. The van der Waals surface area contributed by atoms with Crippen molar-refractivity contribution in [2.24, 2.45) is 11.8 Å². The highest BCUT2D eigenvalue weighted by molar-refractivity contribution is 6.10. The first kappa shape index (κ1) is 38.3. The second-order valence-corrected chi connectivity index (χ2v) is 17.0. The van der Waals surface area contributed by atoms with Crippen LogP contribution in [-0.2, 0) is 17.2 Å². The maximum Gasteiger partial charge on any atom is 0.416 e. The van der Waals surface area contributed by atoms with E-state index in [1.54, 1.807) is 27.4 Å². The number of fused-ring (bicyclic) bond motifs is 13. The predicted molar refractivity (Wildman–Crippen MR) is 238 cm³/mol. The number of para-hydroxylation sites is 2. The number of anilines is 3. The molecule has 7 aromatic rings. The molecular weight excluding hydrogens is 784 g/mol. The van der Waals surface area contributed by atoms with Crippen LogP contribution >= 0.6 is 0 Å². The zero-order chi connectivity index (χ0) is 42.4. The Morgan fingerprint density at radius 2 is 1.27 bits per heavy atom. The van der Waals surface area contributed by atoms with Crippen LogP contribution in [0, 0.1) is 11.8 Å². The predicted octanol–water partition coefficient (Wildman–Crippen LogP) is 13.8. The van der Waals surface area contributed by atoms with Gasteiger partial charge in [0, 0.05) is 44.6 Å². The van der Waals surface area contributed by atoms with Crippen LogP contribution in [0.5, 0.6) is 23.0 Å². The molecule has 1 aliphatic heterocycles. The number of hydrogen-bond donors (Lipinski definition) is 0. The topological polar surface area (TPSA) is 40.2 Å². The Bertz CT molecular complexity index is 2860. The molecule has 8 heteroatoms. The Morgan fingerprint density at radius 1 is 0.661 bits per heavy atom. The van der Waals surface area contributed by atoms with E-state index in [0.717, 1.165) is 98.2 Å². The molecule has 1 heterocycles. The molecule has 1 spiro atoms. The van der Waals surface area contributed by atoms with E-state index in [9.17, 15) is 13.2 Å². The lowest BCUT2D eigenvalue weighted by Crippen LogP contribution is -2.36. The Morgan fingerprint density at radius 3 is 1.84 bits per heavy atom. The second kappa shape index (κ2) is 14.2. The Hall–Kier alpha value is -6.67. The van der Waals surface area contributed by atoms with E-state index in [1.807, 2.05) is 72.8 Å². The fraction of sp³-hybridized carbons (Fsp3) is 0.222. The summed E-state index contributed by atoms with van der Waals surface area (Å²) >= 11 is 0. The monoisotopic (exact) mass is 827 g/mol. The summed E-state index contributed by atoms with van der Waals surface area (Å²) in [4.78, 5) is 2.23. The number of ether oxygens (including phenoxy) is 4. The number of hydrogen-bond acceptors (Lipinski definition) is 5. The summed E-state index contributed by atoms with van der Waals surface area (Å²) in [6.45, 7) is 0. The fourth-order valence-corrected chi connectivity index (χ4v) is 11.4. The lowest BCUT2D eigenvalue weighted by molar-refractivity contribution is -0.137. The van der Waals surface area contributed by atoms with Crippen LogP contribution in [-0.4, -0.2) is 21.3 Å². The number of alkyl halides is 3. The van der Waals surface area contributed by atoms with Gasteiger partial charge in [0.2, 0.25) is 0 Å². The van der Waals surface area contributed by atoms with Crippen LogP contribution in [0.2, 0.25) is 0 Å². The van der Waals surface area contributed by atoms with Crippen molar-refractivity contribution in [3.05, 3.63) is 179 Å². The average molecular weight is 828 g/mol. The minimum atomic E-state index is -4.48. The van der Waals surface area contributed by atoms with Crippen LogP contribution in [0.15, 0.2) is 146 Å². The van der Waals surface area contributed by atoms with Crippen LogP contribution in [0.25, 0.3) is 28.0 Å². The molecule has 3 aliphatic carbocycles. The molecule has 2 saturated carbocycles. The van der Waals surface area contributed by atoms with Crippen molar-refractivity contribution >= 4 is 33.9 Å². The maximum atomic E-state index is 14.6. The van der Waals surface area contributed by atoms with E-state index in [4.69, 9.17) is 18.9 Å². The van der Waals surface area contributed by atoms with Gasteiger partial charge in [0.15, 0.2) is 17.1 Å². The normalized spacial score (nSPS) is 21.6. The first-order valence-corrected chi connectivity index (χ1v) is 21.2. The summed E-state index contributed by atoms with van der Waals surface area (Å²) in [6.07, 6.45) is 3.68. The molecule has 4 aliphatic rings. The molecule has 310 valence electrons. The Balaban J connectivity index is 1.16. The first-order chi connectivity index (χ1) is 30.2.